The normalized spacial score (nSPS) is 23.5. The molecular formula is C16H18N2O2. The van der Waals surface area contributed by atoms with Crippen molar-refractivity contribution < 1.29 is 9.90 Å². The lowest BCUT2D eigenvalue weighted by molar-refractivity contribution is -0.139. The van der Waals surface area contributed by atoms with E-state index in [2.05, 4.69) is 17.2 Å². The molecular weight excluding hydrogens is 252 g/mol. The van der Waals surface area contributed by atoms with Crippen LogP contribution in [0.15, 0.2) is 42.7 Å². The number of nitrogens with zero attached hydrogens (tertiary/aromatic N) is 2. The first-order valence-corrected chi connectivity index (χ1v) is 6.79. The summed E-state index contributed by atoms with van der Waals surface area (Å²) < 4.78 is 1.87. The van der Waals surface area contributed by atoms with Crippen LogP contribution in [0.2, 0.25) is 0 Å². The molecule has 0 spiro atoms. The summed E-state index contributed by atoms with van der Waals surface area (Å²) in [5, 5.41) is 13.6. The van der Waals surface area contributed by atoms with Gasteiger partial charge in [0.1, 0.15) is 0 Å². The number of carboxylic acids is 1. The van der Waals surface area contributed by atoms with Crippen molar-refractivity contribution in [1.29, 1.82) is 0 Å². The van der Waals surface area contributed by atoms with Crippen LogP contribution in [0.4, 0.5) is 0 Å². The number of hydrogen-bond donors (Lipinski definition) is 1. The van der Waals surface area contributed by atoms with Crippen molar-refractivity contribution >= 4 is 5.97 Å². The quantitative estimate of drug-likeness (QED) is 0.929. The van der Waals surface area contributed by atoms with Gasteiger partial charge in [0.2, 0.25) is 0 Å². The van der Waals surface area contributed by atoms with Gasteiger partial charge in [-0.3, -0.25) is 9.48 Å². The lowest BCUT2D eigenvalue weighted by Gasteiger charge is -2.01. The van der Waals surface area contributed by atoms with Gasteiger partial charge in [-0.2, -0.15) is 5.10 Å². The maximum atomic E-state index is 11.2. The van der Waals surface area contributed by atoms with Crippen LogP contribution in [0.1, 0.15) is 30.9 Å². The van der Waals surface area contributed by atoms with Crippen LogP contribution >= 0.6 is 0 Å². The molecule has 0 amide bonds. The molecule has 1 saturated carbocycles. The minimum absolute atomic E-state index is 0.0736. The van der Waals surface area contributed by atoms with E-state index in [1.165, 1.54) is 5.56 Å². The Balaban J connectivity index is 1.77. The number of carboxylic acid groups (broad SMARTS) is 1. The molecule has 1 aliphatic rings. The smallest absolute Gasteiger partial charge is 0.307 e. The molecule has 0 radical (unpaired) electrons. The molecule has 0 bridgehead atoms. The second-order valence-electron chi connectivity index (χ2n) is 6.07. The van der Waals surface area contributed by atoms with Crippen LogP contribution in [0.3, 0.4) is 0 Å². The lowest BCUT2D eigenvalue weighted by Crippen LogP contribution is -2.03. The van der Waals surface area contributed by atoms with Gasteiger partial charge >= 0.3 is 5.97 Å². The van der Waals surface area contributed by atoms with Crippen molar-refractivity contribution in [3.8, 4) is 0 Å². The van der Waals surface area contributed by atoms with Crippen molar-refractivity contribution in [3.05, 3.63) is 53.9 Å². The number of aromatic nitrogens is 2. The summed E-state index contributed by atoms with van der Waals surface area (Å²) in [4.78, 5) is 11.2. The molecule has 4 nitrogen and oxygen atoms in total. The summed E-state index contributed by atoms with van der Waals surface area (Å²) in [5.41, 5.74) is 2.04. The Morgan fingerprint density at radius 3 is 2.65 bits per heavy atom. The van der Waals surface area contributed by atoms with E-state index in [1.54, 1.807) is 6.20 Å². The van der Waals surface area contributed by atoms with E-state index < -0.39 is 5.97 Å². The molecule has 3 rings (SSSR count). The highest BCUT2D eigenvalue weighted by Gasteiger charge is 2.63. The molecule has 1 aliphatic carbocycles. The Morgan fingerprint density at radius 1 is 1.35 bits per heavy atom. The fraction of sp³-hybridized carbons (Fsp3) is 0.375. The molecule has 1 aromatic carbocycles. The Hall–Kier alpha value is -2.10. The maximum Gasteiger partial charge on any atom is 0.307 e. The van der Waals surface area contributed by atoms with E-state index in [4.69, 9.17) is 0 Å². The second-order valence-corrected chi connectivity index (χ2v) is 6.07. The zero-order chi connectivity index (χ0) is 14.3. The van der Waals surface area contributed by atoms with Crippen LogP contribution in [-0.4, -0.2) is 20.9 Å². The van der Waals surface area contributed by atoms with Gasteiger partial charge in [0.15, 0.2) is 0 Å². The monoisotopic (exact) mass is 270 g/mol. The SMILES string of the molecule is CC1(C)C(C(=O)O)C1c1cnn(Cc2ccccc2)c1. The topological polar surface area (TPSA) is 55.1 Å². The lowest BCUT2D eigenvalue weighted by atomic mass is 10.1. The van der Waals surface area contributed by atoms with Gasteiger partial charge < -0.3 is 5.11 Å². The van der Waals surface area contributed by atoms with Crippen molar-refractivity contribution in [2.45, 2.75) is 26.3 Å². The number of aliphatic carboxylic acids is 1. The zero-order valence-electron chi connectivity index (χ0n) is 11.7. The Kier molecular flexibility index (Phi) is 2.89. The van der Waals surface area contributed by atoms with Crippen molar-refractivity contribution in [2.75, 3.05) is 0 Å². The molecule has 20 heavy (non-hydrogen) atoms. The van der Waals surface area contributed by atoms with E-state index in [0.29, 0.717) is 6.54 Å². The van der Waals surface area contributed by atoms with E-state index in [0.717, 1.165) is 5.56 Å². The summed E-state index contributed by atoms with van der Waals surface area (Å²) in [6, 6.07) is 10.1. The van der Waals surface area contributed by atoms with Crippen molar-refractivity contribution in [1.82, 2.24) is 9.78 Å². The third-order valence-corrected chi connectivity index (χ3v) is 4.29. The predicted molar refractivity (Wildman–Crippen MR) is 75.4 cm³/mol. The number of carbonyl (C=O) groups is 1. The average Bonchev–Trinajstić information content (AvgIpc) is 2.76. The number of hydrogen-bond acceptors (Lipinski definition) is 2. The van der Waals surface area contributed by atoms with Gasteiger partial charge in [-0.15, -0.1) is 0 Å². The first-order chi connectivity index (χ1) is 9.50. The molecule has 1 heterocycles. The Bertz CT molecular complexity index is 631. The molecule has 2 aromatic rings. The van der Waals surface area contributed by atoms with Crippen molar-refractivity contribution in [3.63, 3.8) is 0 Å². The summed E-state index contributed by atoms with van der Waals surface area (Å²) in [5.74, 6) is -0.933. The minimum Gasteiger partial charge on any atom is -0.481 e. The average molecular weight is 270 g/mol. The molecule has 0 saturated heterocycles. The molecule has 104 valence electrons. The fourth-order valence-electron chi connectivity index (χ4n) is 3.12. The van der Waals surface area contributed by atoms with E-state index >= 15 is 0 Å². The number of rotatable bonds is 4. The minimum atomic E-state index is -0.712. The molecule has 1 N–H and O–H groups in total. The van der Waals surface area contributed by atoms with Gasteiger partial charge in [0.25, 0.3) is 0 Å². The second kappa shape index (κ2) is 4.47. The third kappa shape index (κ3) is 2.11. The third-order valence-electron chi connectivity index (χ3n) is 4.29. The van der Waals surface area contributed by atoms with E-state index in [9.17, 15) is 9.90 Å². The Morgan fingerprint density at radius 2 is 2.05 bits per heavy atom. The maximum absolute atomic E-state index is 11.2. The fourth-order valence-corrected chi connectivity index (χ4v) is 3.12. The molecule has 1 fully saturated rings. The summed E-state index contributed by atoms with van der Waals surface area (Å²) in [6.45, 7) is 4.72. The summed E-state index contributed by atoms with van der Waals surface area (Å²) in [7, 11) is 0. The van der Waals surface area contributed by atoms with Gasteiger partial charge in [0.05, 0.1) is 18.7 Å². The van der Waals surface area contributed by atoms with Crippen LogP contribution in [0.5, 0.6) is 0 Å². The predicted octanol–water partition coefficient (Wildman–Crippen LogP) is 2.76. The van der Waals surface area contributed by atoms with Crippen molar-refractivity contribution in [2.24, 2.45) is 11.3 Å². The summed E-state index contributed by atoms with van der Waals surface area (Å²) >= 11 is 0. The van der Waals surface area contributed by atoms with Gasteiger partial charge in [-0.25, -0.2) is 0 Å². The molecule has 4 heteroatoms. The largest absolute Gasteiger partial charge is 0.481 e. The highest BCUT2D eigenvalue weighted by atomic mass is 16.4. The van der Waals surface area contributed by atoms with E-state index in [1.807, 2.05) is 42.9 Å². The van der Waals surface area contributed by atoms with Crippen LogP contribution in [0.25, 0.3) is 0 Å². The molecule has 2 unspecified atom stereocenters. The molecule has 0 aliphatic heterocycles. The molecule has 2 atom stereocenters. The number of benzene rings is 1. The van der Waals surface area contributed by atoms with Crippen LogP contribution in [0, 0.1) is 11.3 Å². The standard InChI is InChI=1S/C16H18N2O2/c1-16(2)13(14(16)15(19)20)12-8-17-18(10-12)9-11-6-4-3-5-7-11/h3-8,10,13-14H,9H2,1-2H3,(H,19,20). The highest BCUT2D eigenvalue weighted by molar-refractivity contribution is 5.77. The first kappa shape index (κ1) is 12.9. The Labute approximate surface area is 118 Å². The van der Waals surface area contributed by atoms with Crippen LogP contribution < -0.4 is 0 Å². The van der Waals surface area contributed by atoms with Gasteiger partial charge in [-0.1, -0.05) is 44.2 Å². The zero-order valence-corrected chi connectivity index (χ0v) is 11.7. The van der Waals surface area contributed by atoms with Gasteiger partial charge in [-0.05, 0) is 16.5 Å². The molecule has 1 aromatic heterocycles. The van der Waals surface area contributed by atoms with Crippen LogP contribution in [-0.2, 0) is 11.3 Å². The first-order valence-electron chi connectivity index (χ1n) is 6.79. The van der Waals surface area contributed by atoms with E-state index in [-0.39, 0.29) is 17.3 Å². The van der Waals surface area contributed by atoms with Gasteiger partial charge in [0, 0.05) is 12.1 Å². The summed E-state index contributed by atoms with van der Waals surface area (Å²) in [6.07, 6.45) is 3.78. The highest BCUT2D eigenvalue weighted by Crippen LogP contribution is 2.64.